The van der Waals surface area contributed by atoms with Gasteiger partial charge in [0, 0.05) is 37.2 Å². The van der Waals surface area contributed by atoms with Gasteiger partial charge in [0.25, 0.3) is 0 Å². The highest BCUT2D eigenvalue weighted by Gasteiger charge is 2.21. The third-order valence-electron chi connectivity index (χ3n) is 3.74. The minimum absolute atomic E-state index is 0.154. The fraction of sp³-hybridized carbons (Fsp3) is 0.312. The van der Waals surface area contributed by atoms with Crippen molar-refractivity contribution in [2.24, 2.45) is 0 Å². The van der Waals surface area contributed by atoms with Crippen LogP contribution in [0.4, 0.5) is 15.9 Å². The Hall–Kier alpha value is -2.68. The van der Waals surface area contributed by atoms with Crippen molar-refractivity contribution >= 4 is 11.5 Å². The number of nitriles is 1. The Morgan fingerprint density at radius 2 is 2.18 bits per heavy atom. The summed E-state index contributed by atoms with van der Waals surface area (Å²) in [6, 6.07) is 8.81. The largest absolute Gasteiger partial charge is 0.369 e. The van der Waals surface area contributed by atoms with Crippen LogP contribution >= 0.6 is 0 Å². The fourth-order valence-corrected chi connectivity index (χ4v) is 2.72. The molecule has 0 aliphatic carbocycles. The quantitative estimate of drug-likeness (QED) is 0.943. The molecule has 112 valence electrons. The highest BCUT2D eigenvalue weighted by molar-refractivity contribution is 5.50. The van der Waals surface area contributed by atoms with Crippen LogP contribution < -0.4 is 10.2 Å². The Bertz CT molecular complexity index is 697. The van der Waals surface area contributed by atoms with Crippen LogP contribution in [0.5, 0.6) is 0 Å². The zero-order chi connectivity index (χ0) is 15.4. The van der Waals surface area contributed by atoms with E-state index < -0.39 is 0 Å². The Balaban J connectivity index is 1.72. The standard InChI is InChI=1S/C16H16FN5/c17-12-3-1-5-14(9-12)22-8-2-4-13(11-22)21-16-15(10-18)19-6-7-20-16/h1,3,5-7,9,13H,2,4,8,11H2,(H,20,21). The summed E-state index contributed by atoms with van der Waals surface area (Å²) < 4.78 is 13.4. The van der Waals surface area contributed by atoms with Gasteiger partial charge in [0.15, 0.2) is 11.5 Å². The van der Waals surface area contributed by atoms with E-state index in [9.17, 15) is 4.39 Å². The molecule has 22 heavy (non-hydrogen) atoms. The van der Waals surface area contributed by atoms with Crippen LogP contribution in [0.15, 0.2) is 36.7 Å². The lowest BCUT2D eigenvalue weighted by molar-refractivity contribution is 0.527. The molecule has 1 saturated heterocycles. The molecule has 1 N–H and O–H groups in total. The Labute approximate surface area is 128 Å². The van der Waals surface area contributed by atoms with Crippen molar-refractivity contribution < 1.29 is 4.39 Å². The summed E-state index contributed by atoms with van der Waals surface area (Å²) in [6.07, 6.45) is 5.05. The Morgan fingerprint density at radius 1 is 1.32 bits per heavy atom. The van der Waals surface area contributed by atoms with Crippen molar-refractivity contribution in [3.8, 4) is 6.07 Å². The van der Waals surface area contributed by atoms with Gasteiger partial charge in [-0.1, -0.05) is 6.07 Å². The maximum Gasteiger partial charge on any atom is 0.182 e. The molecule has 1 aromatic carbocycles. The molecule has 0 bridgehead atoms. The van der Waals surface area contributed by atoms with Crippen LogP contribution in [-0.4, -0.2) is 29.1 Å². The summed E-state index contributed by atoms with van der Waals surface area (Å²) in [7, 11) is 0. The van der Waals surface area contributed by atoms with Crippen LogP contribution in [0.3, 0.4) is 0 Å². The van der Waals surface area contributed by atoms with Gasteiger partial charge in [-0.25, -0.2) is 14.4 Å². The number of anilines is 2. The van der Waals surface area contributed by atoms with Crippen molar-refractivity contribution in [2.45, 2.75) is 18.9 Å². The zero-order valence-electron chi connectivity index (χ0n) is 12.0. The van der Waals surface area contributed by atoms with Gasteiger partial charge in [0.2, 0.25) is 0 Å². The van der Waals surface area contributed by atoms with Gasteiger partial charge in [0.05, 0.1) is 0 Å². The molecule has 5 nitrogen and oxygen atoms in total. The van der Waals surface area contributed by atoms with Crippen LogP contribution in [0.1, 0.15) is 18.5 Å². The summed E-state index contributed by atoms with van der Waals surface area (Å²) >= 11 is 0. The summed E-state index contributed by atoms with van der Waals surface area (Å²) in [5, 5.41) is 12.3. The Kier molecular flexibility index (Phi) is 4.15. The van der Waals surface area contributed by atoms with E-state index in [2.05, 4.69) is 20.2 Å². The van der Waals surface area contributed by atoms with Crippen LogP contribution in [0.2, 0.25) is 0 Å². The van der Waals surface area contributed by atoms with Gasteiger partial charge < -0.3 is 10.2 Å². The number of nitrogens with zero attached hydrogens (tertiary/aromatic N) is 4. The average molecular weight is 297 g/mol. The molecule has 1 aliphatic rings. The van der Waals surface area contributed by atoms with Gasteiger partial charge >= 0.3 is 0 Å². The highest BCUT2D eigenvalue weighted by Crippen LogP contribution is 2.22. The van der Waals surface area contributed by atoms with E-state index in [4.69, 9.17) is 5.26 Å². The molecule has 1 aliphatic heterocycles. The first-order valence-electron chi connectivity index (χ1n) is 7.24. The summed E-state index contributed by atoms with van der Waals surface area (Å²) in [5.41, 5.74) is 1.18. The number of benzene rings is 1. The third-order valence-corrected chi connectivity index (χ3v) is 3.74. The monoisotopic (exact) mass is 297 g/mol. The fourth-order valence-electron chi connectivity index (χ4n) is 2.72. The molecule has 0 saturated carbocycles. The molecule has 2 heterocycles. The number of hydrogen-bond donors (Lipinski definition) is 1. The second-order valence-corrected chi connectivity index (χ2v) is 5.27. The second kappa shape index (κ2) is 6.39. The lowest BCUT2D eigenvalue weighted by Crippen LogP contribution is -2.42. The van der Waals surface area contributed by atoms with E-state index in [-0.39, 0.29) is 11.9 Å². The van der Waals surface area contributed by atoms with E-state index in [1.807, 2.05) is 12.1 Å². The molecule has 0 amide bonds. The minimum Gasteiger partial charge on any atom is -0.369 e. The van der Waals surface area contributed by atoms with Gasteiger partial charge in [-0.2, -0.15) is 5.26 Å². The minimum atomic E-state index is -0.228. The topological polar surface area (TPSA) is 64.8 Å². The maximum atomic E-state index is 13.4. The highest BCUT2D eigenvalue weighted by atomic mass is 19.1. The molecule has 1 fully saturated rings. The normalized spacial score (nSPS) is 17.8. The smallest absolute Gasteiger partial charge is 0.182 e. The van der Waals surface area contributed by atoms with Crippen LogP contribution in [-0.2, 0) is 0 Å². The second-order valence-electron chi connectivity index (χ2n) is 5.27. The van der Waals surface area contributed by atoms with E-state index in [0.29, 0.717) is 11.5 Å². The SMILES string of the molecule is N#Cc1nccnc1NC1CCCN(c2cccc(F)c2)C1. The summed E-state index contributed by atoms with van der Waals surface area (Å²) in [4.78, 5) is 10.3. The van der Waals surface area contributed by atoms with E-state index in [0.717, 1.165) is 31.6 Å². The number of rotatable bonds is 3. The van der Waals surface area contributed by atoms with Crippen molar-refractivity contribution in [3.05, 3.63) is 48.2 Å². The molecule has 2 aromatic rings. The van der Waals surface area contributed by atoms with E-state index in [1.165, 1.54) is 12.3 Å². The first-order chi connectivity index (χ1) is 10.8. The van der Waals surface area contributed by atoms with Gasteiger partial charge in [-0.3, -0.25) is 0 Å². The van der Waals surface area contributed by atoms with E-state index in [1.54, 1.807) is 18.3 Å². The maximum absolute atomic E-state index is 13.4. The number of piperidine rings is 1. The molecule has 1 aromatic heterocycles. The predicted octanol–water partition coefficient (Wildman–Crippen LogP) is 2.57. The van der Waals surface area contributed by atoms with Gasteiger partial charge in [0.1, 0.15) is 11.9 Å². The molecule has 0 spiro atoms. The van der Waals surface area contributed by atoms with Gasteiger partial charge in [-0.05, 0) is 31.0 Å². The van der Waals surface area contributed by atoms with Crippen molar-refractivity contribution in [1.29, 1.82) is 5.26 Å². The molecule has 3 rings (SSSR count). The van der Waals surface area contributed by atoms with Crippen molar-refractivity contribution in [2.75, 3.05) is 23.3 Å². The molecular weight excluding hydrogens is 281 g/mol. The number of nitrogens with one attached hydrogen (secondary N) is 1. The first-order valence-corrected chi connectivity index (χ1v) is 7.24. The Morgan fingerprint density at radius 3 is 3.00 bits per heavy atom. The molecule has 1 unspecified atom stereocenters. The lowest BCUT2D eigenvalue weighted by Gasteiger charge is -2.35. The van der Waals surface area contributed by atoms with Gasteiger partial charge in [-0.15, -0.1) is 0 Å². The molecular formula is C16H16FN5. The summed E-state index contributed by atoms with van der Waals surface area (Å²) in [6.45, 7) is 1.64. The first kappa shape index (κ1) is 14.3. The van der Waals surface area contributed by atoms with E-state index >= 15 is 0 Å². The third kappa shape index (κ3) is 3.14. The van der Waals surface area contributed by atoms with Crippen molar-refractivity contribution in [3.63, 3.8) is 0 Å². The van der Waals surface area contributed by atoms with Crippen LogP contribution in [0.25, 0.3) is 0 Å². The number of halogens is 1. The average Bonchev–Trinajstić information content (AvgIpc) is 2.56. The lowest BCUT2D eigenvalue weighted by atomic mass is 10.0. The summed E-state index contributed by atoms with van der Waals surface area (Å²) in [5.74, 6) is 0.282. The zero-order valence-corrected chi connectivity index (χ0v) is 12.0. The van der Waals surface area contributed by atoms with Crippen LogP contribution in [0, 0.1) is 17.1 Å². The van der Waals surface area contributed by atoms with Crippen molar-refractivity contribution in [1.82, 2.24) is 9.97 Å². The molecule has 0 radical (unpaired) electrons. The number of aromatic nitrogens is 2. The number of hydrogen-bond acceptors (Lipinski definition) is 5. The molecule has 6 heteroatoms. The predicted molar refractivity (Wildman–Crippen MR) is 82.0 cm³/mol. The molecule has 1 atom stereocenters.